The summed E-state index contributed by atoms with van der Waals surface area (Å²) in [5.41, 5.74) is 7.80. The number of halogens is 1. The zero-order valence-corrected chi connectivity index (χ0v) is 14.3. The van der Waals surface area contributed by atoms with Crippen LogP contribution in [0.3, 0.4) is 0 Å². The Morgan fingerprint density at radius 3 is 2.12 bits per heavy atom. The van der Waals surface area contributed by atoms with Crippen molar-refractivity contribution in [3.05, 3.63) is 70.7 Å². The molecule has 0 aliphatic carbocycles. The van der Waals surface area contributed by atoms with E-state index in [9.17, 15) is 4.79 Å². The highest BCUT2D eigenvalue weighted by molar-refractivity contribution is 6.30. The lowest BCUT2D eigenvalue weighted by molar-refractivity contribution is -0.119. The van der Waals surface area contributed by atoms with Crippen LogP contribution in [0.1, 0.15) is 17.2 Å². The summed E-state index contributed by atoms with van der Waals surface area (Å²) >= 11 is 6.05. The number of benzene rings is 2. The first-order chi connectivity index (χ1) is 11.6. The molecule has 5 heteroatoms. The Labute approximate surface area is 147 Å². The first-order valence-corrected chi connectivity index (χ1v) is 8.56. The Hall–Kier alpha value is -1.88. The molecule has 1 saturated heterocycles. The zero-order chi connectivity index (χ0) is 16.9. The van der Waals surface area contributed by atoms with Crippen LogP contribution in [0, 0.1) is 0 Å². The maximum absolute atomic E-state index is 11.1. The average Bonchev–Trinajstić information content (AvgIpc) is 2.59. The molecular formula is C19H22ClN3O. The van der Waals surface area contributed by atoms with Gasteiger partial charge >= 0.3 is 0 Å². The SMILES string of the molecule is NC(=O)CN1CCN([C@H](c2ccccc2)c2ccc(Cl)cc2)CC1. The summed E-state index contributed by atoms with van der Waals surface area (Å²) in [6, 6.07) is 18.8. The second-order valence-corrected chi connectivity index (χ2v) is 6.58. The van der Waals surface area contributed by atoms with Crippen molar-refractivity contribution in [2.75, 3.05) is 32.7 Å². The second kappa shape index (κ2) is 7.79. The van der Waals surface area contributed by atoms with E-state index < -0.39 is 0 Å². The molecule has 24 heavy (non-hydrogen) atoms. The number of rotatable bonds is 5. The molecule has 0 spiro atoms. The Bertz CT molecular complexity index is 667. The molecule has 4 nitrogen and oxygen atoms in total. The minimum absolute atomic E-state index is 0.194. The van der Waals surface area contributed by atoms with Gasteiger partial charge in [-0.3, -0.25) is 14.6 Å². The summed E-state index contributed by atoms with van der Waals surface area (Å²) in [7, 11) is 0. The lowest BCUT2D eigenvalue weighted by atomic mass is 9.96. The molecule has 1 amide bonds. The molecule has 3 rings (SSSR count). The lowest BCUT2D eigenvalue weighted by Crippen LogP contribution is -2.49. The molecule has 0 unspecified atom stereocenters. The maximum Gasteiger partial charge on any atom is 0.231 e. The monoisotopic (exact) mass is 343 g/mol. The summed E-state index contributed by atoms with van der Waals surface area (Å²) in [4.78, 5) is 15.7. The minimum Gasteiger partial charge on any atom is -0.369 e. The number of hydrogen-bond donors (Lipinski definition) is 1. The molecule has 2 N–H and O–H groups in total. The average molecular weight is 344 g/mol. The number of amides is 1. The van der Waals surface area contributed by atoms with Crippen LogP contribution in [-0.4, -0.2) is 48.4 Å². The third-order valence-corrected chi connectivity index (χ3v) is 4.70. The fraction of sp³-hybridized carbons (Fsp3) is 0.316. The fourth-order valence-electron chi connectivity index (χ4n) is 3.29. The summed E-state index contributed by atoms with van der Waals surface area (Å²) < 4.78 is 0. The van der Waals surface area contributed by atoms with E-state index in [1.165, 1.54) is 11.1 Å². The lowest BCUT2D eigenvalue weighted by Gasteiger charge is -2.39. The van der Waals surface area contributed by atoms with E-state index in [1.807, 2.05) is 18.2 Å². The molecule has 1 fully saturated rings. The van der Waals surface area contributed by atoms with Crippen molar-refractivity contribution in [1.82, 2.24) is 9.80 Å². The molecular weight excluding hydrogens is 322 g/mol. The summed E-state index contributed by atoms with van der Waals surface area (Å²) in [6.07, 6.45) is 0. The minimum atomic E-state index is -0.263. The molecule has 1 atom stereocenters. The van der Waals surface area contributed by atoms with E-state index >= 15 is 0 Å². The van der Waals surface area contributed by atoms with Gasteiger partial charge in [-0.25, -0.2) is 0 Å². The normalized spacial score (nSPS) is 17.5. The Morgan fingerprint density at radius 1 is 0.958 bits per heavy atom. The number of primary amides is 1. The number of hydrogen-bond acceptors (Lipinski definition) is 3. The Morgan fingerprint density at radius 2 is 1.54 bits per heavy atom. The van der Waals surface area contributed by atoms with Crippen molar-refractivity contribution in [2.45, 2.75) is 6.04 Å². The zero-order valence-electron chi connectivity index (χ0n) is 13.6. The van der Waals surface area contributed by atoms with Crippen LogP contribution in [0.4, 0.5) is 0 Å². The highest BCUT2D eigenvalue weighted by atomic mass is 35.5. The van der Waals surface area contributed by atoms with Crippen molar-refractivity contribution in [2.24, 2.45) is 5.73 Å². The van der Waals surface area contributed by atoms with E-state index in [1.54, 1.807) is 0 Å². The molecule has 0 aromatic heterocycles. The first kappa shape index (κ1) is 17.0. The van der Waals surface area contributed by atoms with Gasteiger partial charge in [0.25, 0.3) is 0 Å². The smallest absolute Gasteiger partial charge is 0.231 e. The molecule has 1 aliphatic heterocycles. The molecule has 2 aromatic carbocycles. The van der Waals surface area contributed by atoms with Crippen molar-refractivity contribution >= 4 is 17.5 Å². The van der Waals surface area contributed by atoms with Crippen molar-refractivity contribution in [3.63, 3.8) is 0 Å². The van der Waals surface area contributed by atoms with E-state index in [-0.39, 0.29) is 11.9 Å². The van der Waals surface area contributed by atoms with Gasteiger partial charge in [0, 0.05) is 31.2 Å². The van der Waals surface area contributed by atoms with Gasteiger partial charge < -0.3 is 5.73 Å². The van der Waals surface area contributed by atoms with Gasteiger partial charge in [0.15, 0.2) is 0 Å². The largest absolute Gasteiger partial charge is 0.369 e. The number of nitrogens with zero attached hydrogens (tertiary/aromatic N) is 2. The molecule has 126 valence electrons. The topological polar surface area (TPSA) is 49.6 Å². The van der Waals surface area contributed by atoms with Gasteiger partial charge in [0.05, 0.1) is 12.6 Å². The predicted molar refractivity (Wildman–Crippen MR) is 96.9 cm³/mol. The van der Waals surface area contributed by atoms with E-state index in [2.05, 4.69) is 46.2 Å². The Kier molecular flexibility index (Phi) is 5.51. The van der Waals surface area contributed by atoms with Gasteiger partial charge in [-0.1, -0.05) is 54.1 Å². The van der Waals surface area contributed by atoms with E-state index in [0.717, 1.165) is 31.2 Å². The van der Waals surface area contributed by atoms with Gasteiger partial charge in [-0.05, 0) is 23.3 Å². The molecule has 1 aliphatic rings. The standard InChI is InChI=1S/C19H22ClN3O/c20-17-8-6-16(7-9-17)19(15-4-2-1-3-5-15)23-12-10-22(11-13-23)14-18(21)24/h1-9,19H,10-14H2,(H2,21,24)/t19-/m1/s1. The van der Waals surface area contributed by atoms with Gasteiger partial charge in [0.1, 0.15) is 0 Å². The second-order valence-electron chi connectivity index (χ2n) is 6.14. The quantitative estimate of drug-likeness (QED) is 0.907. The van der Waals surface area contributed by atoms with Crippen molar-refractivity contribution < 1.29 is 4.79 Å². The van der Waals surface area contributed by atoms with Gasteiger partial charge in [-0.15, -0.1) is 0 Å². The van der Waals surface area contributed by atoms with E-state index in [4.69, 9.17) is 17.3 Å². The maximum atomic E-state index is 11.1. The van der Waals surface area contributed by atoms with Gasteiger partial charge in [0.2, 0.25) is 5.91 Å². The molecule has 0 radical (unpaired) electrons. The number of carbonyl (C=O) groups excluding carboxylic acids is 1. The van der Waals surface area contributed by atoms with Gasteiger partial charge in [-0.2, -0.15) is 0 Å². The number of carbonyl (C=O) groups is 1. The van der Waals surface area contributed by atoms with Crippen molar-refractivity contribution in [1.29, 1.82) is 0 Å². The molecule has 0 saturated carbocycles. The van der Waals surface area contributed by atoms with E-state index in [0.29, 0.717) is 6.54 Å². The van der Waals surface area contributed by atoms with Crippen LogP contribution in [0.25, 0.3) is 0 Å². The predicted octanol–water partition coefficient (Wildman–Crippen LogP) is 2.53. The highest BCUT2D eigenvalue weighted by Gasteiger charge is 2.26. The van der Waals surface area contributed by atoms with Crippen LogP contribution >= 0.6 is 11.6 Å². The first-order valence-electron chi connectivity index (χ1n) is 8.18. The summed E-state index contributed by atoms with van der Waals surface area (Å²) in [6.45, 7) is 3.83. The molecule has 1 heterocycles. The third-order valence-electron chi connectivity index (χ3n) is 4.45. The summed E-state index contributed by atoms with van der Waals surface area (Å²) in [5.74, 6) is -0.263. The molecule has 2 aromatic rings. The number of piperazine rings is 1. The molecule has 0 bridgehead atoms. The number of nitrogens with two attached hydrogens (primary N) is 1. The highest BCUT2D eigenvalue weighted by Crippen LogP contribution is 2.30. The third kappa shape index (κ3) is 4.15. The van der Waals surface area contributed by atoms with Crippen LogP contribution in [0.15, 0.2) is 54.6 Å². The van der Waals surface area contributed by atoms with Crippen molar-refractivity contribution in [3.8, 4) is 0 Å². The summed E-state index contributed by atoms with van der Waals surface area (Å²) in [5, 5.41) is 0.747. The van der Waals surface area contributed by atoms with Crippen LogP contribution in [0.2, 0.25) is 5.02 Å². The van der Waals surface area contributed by atoms with Crippen LogP contribution in [-0.2, 0) is 4.79 Å². The Balaban J connectivity index is 1.81. The van der Waals surface area contributed by atoms with Crippen LogP contribution < -0.4 is 5.73 Å². The fourth-order valence-corrected chi connectivity index (χ4v) is 3.42. The van der Waals surface area contributed by atoms with Crippen LogP contribution in [0.5, 0.6) is 0 Å².